The molecule has 0 saturated heterocycles. The largest absolute Gasteiger partial charge is 0.398 e. The summed E-state index contributed by atoms with van der Waals surface area (Å²) in [6.07, 6.45) is 1.73. The van der Waals surface area contributed by atoms with Crippen LogP contribution in [-0.4, -0.2) is 10.9 Å². The van der Waals surface area contributed by atoms with E-state index >= 15 is 0 Å². The Morgan fingerprint density at radius 1 is 1.25 bits per heavy atom. The van der Waals surface area contributed by atoms with E-state index in [4.69, 9.17) is 5.73 Å². The molecule has 20 heavy (non-hydrogen) atoms. The van der Waals surface area contributed by atoms with Crippen molar-refractivity contribution in [1.29, 1.82) is 0 Å². The molecule has 0 saturated carbocycles. The maximum Gasteiger partial charge on any atom is 0.259 e. The number of carbonyl (C=O) groups is 1. The summed E-state index contributed by atoms with van der Waals surface area (Å²) >= 11 is 1.44. The Kier molecular flexibility index (Phi) is 3.12. The summed E-state index contributed by atoms with van der Waals surface area (Å²) in [6.45, 7) is 1.94. The Balaban J connectivity index is 1.96. The first-order valence-electron chi connectivity index (χ1n) is 6.15. The molecule has 1 aromatic heterocycles. The van der Waals surface area contributed by atoms with Crippen molar-refractivity contribution in [3.8, 4) is 0 Å². The van der Waals surface area contributed by atoms with Gasteiger partial charge in [-0.25, -0.2) is 4.98 Å². The van der Waals surface area contributed by atoms with E-state index in [1.807, 2.05) is 37.3 Å². The van der Waals surface area contributed by atoms with Crippen LogP contribution in [0.5, 0.6) is 0 Å². The van der Waals surface area contributed by atoms with Gasteiger partial charge in [-0.3, -0.25) is 10.1 Å². The molecule has 0 fully saturated rings. The summed E-state index contributed by atoms with van der Waals surface area (Å²) in [5.41, 5.74) is 6.90. The number of amides is 1. The molecular formula is C15H13N3OS. The number of aryl methyl sites for hydroxylation is 1. The van der Waals surface area contributed by atoms with Gasteiger partial charge in [0, 0.05) is 16.8 Å². The molecule has 2 aromatic carbocycles. The van der Waals surface area contributed by atoms with E-state index < -0.39 is 0 Å². The lowest BCUT2D eigenvalue weighted by molar-refractivity contribution is 0.102. The standard InChI is InChI=1S/C15H13N3OS/c1-9-8-17-15(20-9)18-14(19)12-6-10-4-2-3-5-11(10)7-13(12)16/h2-8H,16H2,1H3,(H,17,18,19). The highest BCUT2D eigenvalue weighted by Crippen LogP contribution is 2.24. The second kappa shape index (κ2) is 4.94. The van der Waals surface area contributed by atoms with Gasteiger partial charge in [-0.2, -0.15) is 0 Å². The van der Waals surface area contributed by atoms with Gasteiger partial charge in [-0.05, 0) is 29.8 Å². The van der Waals surface area contributed by atoms with Crippen molar-refractivity contribution in [2.75, 3.05) is 11.1 Å². The number of nitrogens with two attached hydrogens (primary N) is 1. The first-order chi connectivity index (χ1) is 9.63. The lowest BCUT2D eigenvalue weighted by atomic mass is 10.0. The molecule has 3 aromatic rings. The van der Waals surface area contributed by atoms with Crippen molar-refractivity contribution in [3.05, 3.63) is 53.0 Å². The quantitative estimate of drug-likeness (QED) is 0.708. The van der Waals surface area contributed by atoms with Gasteiger partial charge in [0.25, 0.3) is 5.91 Å². The van der Waals surface area contributed by atoms with Crippen LogP contribution in [0.2, 0.25) is 0 Å². The smallest absolute Gasteiger partial charge is 0.259 e. The number of thiazole rings is 1. The summed E-state index contributed by atoms with van der Waals surface area (Å²) in [5.74, 6) is -0.234. The first kappa shape index (κ1) is 12.6. The molecule has 0 aliphatic rings. The van der Waals surface area contributed by atoms with Gasteiger partial charge in [0.05, 0.1) is 5.56 Å². The van der Waals surface area contributed by atoms with Crippen molar-refractivity contribution in [2.24, 2.45) is 0 Å². The van der Waals surface area contributed by atoms with E-state index in [1.165, 1.54) is 11.3 Å². The zero-order chi connectivity index (χ0) is 14.1. The number of fused-ring (bicyclic) bond motifs is 1. The average Bonchev–Trinajstić information content (AvgIpc) is 2.83. The summed E-state index contributed by atoms with van der Waals surface area (Å²) < 4.78 is 0. The molecule has 0 aliphatic carbocycles. The SMILES string of the molecule is Cc1cnc(NC(=O)c2cc3ccccc3cc2N)s1. The third kappa shape index (κ3) is 2.35. The normalized spacial score (nSPS) is 10.7. The maximum absolute atomic E-state index is 12.3. The molecule has 0 atom stereocenters. The molecule has 0 bridgehead atoms. The van der Waals surface area contributed by atoms with Gasteiger partial charge in [0.2, 0.25) is 0 Å². The lowest BCUT2D eigenvalue weighted by Crippen LogP contribution is -2.13. The van der Waals surface area contributed by atoms with E-state index in [2.05, 4.69) is 10.3 Å². The van der Waals surface area contributed by atoms with Gasteiger partial charge >= 0.3 is 0 Å². The number of carbonyl (C=O) groups excluding carboxylic acids is 1. The molecular weight excluding hydrogens is 270 g/mol. The average molecular weight is 283 g/mol. The van der Waals surface area contributed by atoms with Crippen molar-refractivity contribution in [2.45, 2.75) is 6.92 Å². The number of nitrogens with one attached hydrogen (secondary N) is 1. The summed E-state index contributed by atoms with van der Waals surface area (Å²) in [5, 5.41) is 5.36. The molecule has 3 rings (SSSR count). The zero-order valence-electron chi connectivity index (χ0n) is 10.9. The third-order valence-corrected chi connectivity index (χ3v) is 3.83. The van der Waals surface area contributed by atoms with Gasteiger partial charge in [-0.1, -0.05) is 24.3 Å². The second-order valence-corrected chi connectivity index (χ2v) is 5.75. The van der Waals surface area contributed by atoms with Crippen LogP contribution in [0.25, 0.3) is 10.8 Å². The minimum absolute atomic E-state index is 0.234. The Bertz CT molecular complexity index is 795. The Morgan fingerprint density at radius 3 is 2.60 bits per heavy atom. The number of anilines is 2. The number of benzene rings is 2. The number of hydrogen-bond donors (Lipinski definition) is 2. The Hall–Kier alpha value is -2.40. The van der Waals surface area contributed by atoms with Crippen LogP contribution in [0.3, 0.4) is 0 Å². The van der Waals surface area contributed by atoms with Gasteiger partial charge in [0.15, 0.2) is 5.13 Å². The molecule has 1 heterocycles. The fourth-order valence-corrected chi connectivity index (χ4v) is 2.69. The predicted octanol–water partition coefficient (Wildman–Crippen LogP) is 3.44. The monoisotopic (exact) mass is 283 g/mol. The highest BCUT2D eigenvalue weighted by Gasteiger charge is 2.12. The topological polar surface area (TPSA) is 68.0 Å². The van der Waals surface area contributed by atoms with E-state index in [0.717, 1.165) is 15.6 Å². The van der Waals surface area contributed by atoms with Crippen molar-refractivity contribution in [1.82, 2.24) is 4.98 Å². The van der Waals surface area contributed by atoms with E-state index in [9.17, 15) is 4.79 Å². The van der Waals surface area contributed by atoms with Crippen LogP contribution in [0.1, 0.15) is 15.2 Å². The van der Waals surface area contributed by atoms with Crippen LogP contribution >= 0.6 is 11.3 Å². The number of aromatic nitrogens is 1. The molecule has 0 unspecified atom stereocenters. The van der Waals surface area contributed by atoms with Gasteiger partial charge in [0.1, 0.15) is 0 Å². The van der Waals surface area contributed by atoms with Gasteiger partial charge in [-0.15, -0.1) is 11.3 Å². The molecule has 1 amide bonds. The van der Waals surface area contributed by atoms with Crippen LogP contribution in [-0.2, 0) is 0 Å². The number of nitrogen functional groups attached to an aromatic ring is 1. The third-order valence-electron chi connectivity index (χ3n) is 3.00. The molecule has 0 radical (unpaired) electrons. The van der Waals surface area contributed by atoms with Crippen LogP contribution in [0, 0.1) is 6.92 Å². The fourth-order valence-electron chi connectivity index (χ4n) is 2.03. The summed E-state index contributed by atoms with van der Waals surface area (Å²) in [7, 11) is 0. The minimum atomic E-state index is -0.234. The highest BCUT2D eigenvalue weighted by atomic mass is 32.1. The van der Waals surface area contributed by atoms with Crippen molar-refractivity contribution in [3.63, 3.8) is 0 Å². The Morgan fingerprint density at radius 2 is 1.95 bits per heavy atom. The number of nitrogens with zero attached hydrogens (tertiary/aromatic N) is 1. The second-order valence-electron chi connectivity index (χ2n) is 4.52. The van der Waals surface area contributed by atoms with E-state index in [-0.39, 0.29) is 5.91 Å². The van der Waals surface area contributed by atoms with Gasteiger partial charge < -0.3 is 5.73 Å². The molecule has 4 nitrogen and oxygen atoms in total. The predicted molar refractivity (Wildman–Crippen MR) is 83.2 cm³/mol. The summed E-state index contributed by atoms with van der Waals surface area (Å²) in [6, 6.07) is 11.4. The molecule has 100 valence electrons. The van der Waals surface area contributed by atoms with Crippen LogP contribution in [0.15, 0.2) is 42.6 Å². The molecule has 5 heteroatoms. The highest BCUT2D eigenvalue weighted by molar-refractivity contribution is 7.15. The minimum Gasteiger partial charge on any atom is -0.398 e. The van der Waals surface area contributed by atoms with Crippen molar-refractivity contribution >= 4 is 38.8 Å². The van der Waals surface area contributed by atoms with Crippen molar-refractivity contribution < 1.29 is 4.79 Å². The number of rotatable bonds is 2. The molecule has 0 spiro atoms. The Labute approximate surface area is 120 Å². The van der Waals surface area contributed by atoms with E-state index in [1.54, 1.807) is 12.3 Å². The lowest BCUT2D eigenvalue weighted by Gasteiger charge is -2.07. The zero-order valence-corrected chi connectivity index (χ0v) is 11.7. The number of hydrogen-bond acceptors (Lipinski definition) is 4. The first-order valence-corrected chi connectivity index (χ1v) is 6.97. The fraction of sp³-hybridized carbons (Fsp3) is 0.0667. The molecule has 0 aliphatic heterocycles. The maximum atomic E-state index is 12.3. The van der Waals surface area contributed by atoms with Crippen LogP contribution in [0.4, 0.5) is 10.8 Å². The summed E-state index contributed by atoms with van der Waals surface area (Å²) in [4.78, 5) is 17.4. The van der Waals surface area contributed by atoms with Crippen LogP contribution < -0.4 is 11.1 Å². The van der Waals surface area contributed by atoms with E-state index in [0.29, 0.717) is 16.4 Å². The molecule has 3 N–H and O–H groups in total.